The molecule has 0 aliphatic rings. The van der Waals surface area contributed by atoms with Crippen molar-refractivity contribution in [3.05, 3.63) is 57.5 Å². The lowest BCUT2D eigenvalue weighted by atomic mass is 10.00. The summed E-state index contributed by atoms with van der Waals surface area (Å²) in [6, 6.07) is 9.78. The van der Waals surface area contributed by atoms with Gasteiger partial charge in [-0.05, 0) is 29.8 Å². The molecule has 2 aromatic rings. The fraction of sp³-hybridized carbons (Fsp3) is 0.200. The molecule has 21 heavy (non-hydrogen) atoms. The number of aliphatic carboxylic acids is 1. The van der Waals surface area contributed by atoms with E-state index in [9.17, 15) is 14.0 Å². The minimum atomic E-state index is -1.09. The molecule has 0 aliphatic heterocycles. The van der Waals surface area contributed by atoms with Gasteiger partial charge in [-0.2, -0.15) is 0 Å². The molecule has 0 radical (unpaired) electrons. The number of rotatable bonds is 5. The number of carbonyl (C=O) groups is 2. The molecule has 1 aromatic heterocycles. The molecular weight excluding hydrogens is 293 g/mol. The Balaban J connectivity index is 2.12. The highest BCUT2D eigenvalue weighted by atomic mass is 32.1. The van der Waals surface area contributed by atoms with Crippen LogP contribution in [0, 0.1) is 5.82 Å². The molecule has 0 saturated heterocycles. The summed E-state index contributed by atoms with van der Waals surface area (Å²) in [5.74, 6) is -1.84. The predicted octanol–water partition coefficient (Wildman–Crippen LogP) is 2.85. The van der Waals surface area contributed by atoms with Gasteiger partial charge in [0.05, 0.1) is 4.88 Å². The zero-order valence-corrected chi connectivity index (χ0v) is 12.1. The highest BCUT2D eigenvalue weighted by Crippen LogP contribution is 2.30. The molecule has 6 heteroatoms. The van der Waals surface area contributed by atoms with Crippen LogP contribution in [0.4, 0.5) is 4.39 Å². The SMILES string of the molecule is CC(c1cccc(F)c1)c1ccc(C(=O)NCC(=O)O)s1. The van der Waals surface area contributed by atoms with E-state index in [-0.39, 0.29) is 11.7 Å². The molecule has 1 atom stereocenters. The third kappa shape index (κ3) is 3.88. The highest BCUT2D eigenvalue weighted by molar-refractivity contribution is 7.14. The molecule has 110 valence electrons. The van der Waals surface area contributed by atoms with E-state index in [0.717, 1.165) is 10.4 Å². The lowest BCUT2D eigenvalue weighted by Crippen LogP contribution is -2.28. The van der Waals surface area contributed by atoms with Crippen molar-refractivity contribution in [1.82, 2.24) is 5.32 Å². The highest BCUT2D eigenvalue weighted by Gasteiger charge is 2.15. The van der Waals surface area contributed by atoms with Gasteiger partial charge in [-0.1, -0.05) is 19.1 Å². The fourth-order valence-corrected chi connectivity index (χ4v) is 2.89. The van der Waals surface area contributed by atoms with Crippen molar-refractivity contribution in [3.63, 3.8) is 0 Å². The van der Waals surface area contributed by atoms with Crippen LogP contribution in [0.5, 0.6) is 0 Å². The van der Waals surface area contributed by atoms with Crippen LogP contribution in [0.15, 0.2) is 36.4 Å². The molecule has 1 aromatic carbocycles. The Morgan fingerprint density at radius 3 is 2.76 bits per heavy atom. The first-order valence-corrected chi connectivity index (χ1v) is 7.14. The van der Waals surface area contributed by atoms with Gasteiger partial charge in [0, 0.05) is 10.8 Å². The van der Waals surface area contributed by atoms with E-state index in [4.69, 9.17) is 5.11 Å². The van der Waals surface area contributed by atoms with E-state index in [1.165, 1.54) is 23.5 Å². The van der Waals surface area contributed by atoms with Crippen molar-refractivity contribution < 1.29 is 19.1 Å². The molecule has 0 saturated carbocycles. The molecule has 1 unspecified atom stereocenters. The van der Waals surface area contributed by atoms with Crippen molar-refractivity contribution in [2.45, 2.75) is 12.8 Å². The average Bonchev–Trinajstić information content (AvgIpc) is 2.93. The minimum Gasteiger partial charge on any atom is -0.480 e. The number of thiophene rings is 1. The second kappa shape index (κ2) is 6.49. The van der Waals surface area contributed by atoms with Gasteiger partial charge in [0.1, 0.15) is 12.4 Å². The Kier molecular flexibility index (Phi) is 4.70. The molecule has 0 aliphatic carbocycles. The predicted molar refractivity (Wildman–Crippen MR) is 78.2 cm³/mol. The normalized spacial score (nSPS) is 11.9. The second-order valence-corrected chi connectivity index (χ2v) is 5.67. The summed E-state index contributed by atoms with van der Waals surface area (Å²) in [5, 5.41) is 10.8. The summed E-state index contributed by atoms with van der Waals surface area (Å²) in [4.78, 5) is 23.5. The van der Waals surface area contributed by atoms with Crippen LogP contribution in [-0.2, 0) is 4.79 Å². The van der Waals surface area contributed by atoms with Gasteiger partial charge in [-0.3, -0.25) is 9.59 Å². The topological polar surface area (TPSA) is 66.4 Å². The van der Waals surface area contributed by atoms with Gasteiger partial charge in [0.2, 0.25) is 0 Å². The summed E-state index contributed by atoms with van der Waals surface area (Å²) >= 11 is 1.27. The maximum Gasteiger partial charge on any atom is 0.322 e. The lowest BCUT2D eigenvalue weighted by Gasteiger charge is -2.09. The first-order chi connectivity index (χ1) is 9.97. The van der Waals surface area contributed by atoms with Crippen LogP contribution in [0.1, 0.15) is 33.0 Å². The number of amides is 1. The summed E-state index contributed by atoms with van der Waals surface area (Å²) in [5.41, 5.74) is 0.828. The van der Waals surface area contributed by atoms with Gasteiger partial charge in [0.15, 0.2) is 0 Å². The van der Waals surface area contributed by atoms with E-state index >= 15 is 0 Å². The number of halogens is 1. The molecule has 2 rings (SSSR count). The van der Waals surface area contributed by atoms with Gasteiger partial charge >= 0.3 is 5.97 Å². The number of carboxylic acid groups (broad SMARTS) is 1. The van der Waals surface area contributed by atoms with Crippen LogP contribution >= 0.6 is 11.3 Å². The average molecular weight is 307 g/mol. The van der Waals surface area contributed by atoms with E-state index in [1.54, 1.807) is 18.2 Å². The van der Waals surface area contributed by atoms with Crippen molar-refractivity contribution in [1.29, 1.82) is 0 Å². The lowest BCUT2D eigenvalue weighted by molar-refractivity contribution is -0.135. The first-order valence-electron chi connectivity index (χ1n) is 6.32. The van der Waals surface area contributed by atoms with Crippen LogP contribution in [0.25, 0.3) is 0 Å². The van der Waals surface area contributed by atoms with Gasteiger partial charge in [-0.25, -0.2) is 4.39 Å². The smallest absolute Gasteiger partial charge is 0.322 e. The standard InChI is InChI=1S/C15H14FNO3S/c1-9(10-3-2-4-11(16)7-10)12-5-6-13(21-12)15(20)17-8-14(18)19/h2-7,9H,8H2,1H3,(H,17,20)(H,18,19). The summed E-state index contributed by atoms with van der Waals surface area (Å²) in [7, 11) is 0. The van der Waals surface area contributed by atoms with Crippen LogP contribution < -0.4 is 5.32 Å². The molecule has 4 nitrogen and oxygen atoms in total. The van der Waals surface area contributed by atoms with Gasteiger partial charge in [0.25, 0.3) is 5.91 Å². The van der Waals surface area contributed by atoms with Crippen molar-refractivity contribution in [2.75, 3.05) is 6.54 Å². The monoisotopic (exact) mass is 307 g/mol. The molecule has 1 heterocycles. The largest absolute Gasteiger partial charge is 0.480 e. The Bertz CT molecular complexity index is 668. The third-order valence-corrected chi connectivity index (χ3v) is 4.29. The molecule has 0 fully saturated rings. The van der Waals surface area contributed by atoms with E-state index < -0.39 is 18.4 Å². The summed E-state index contributed by atoms with van der Waals surface area (Å²) in [6.45, 7) is 1.52. The summed E-state index contributed by atoms with van der Waals surface area (Å²) < 4.78 is 13.2. The van der Waals surface area contributed by atoms with E-state index in [2.05, 4.69) is 5.32 Å². The van der Waals surface area contributed by atoms with E-state index in [0.29, 0.717) is 4.88 Å². The Hall–Kier alpha value is -2.21. The van der Waals surface area contributed by atoms with Crippen LogP contribution in [-0.4, -0.2) is 23.5 Å². The molecular formula is C15H14FNO3S. The number of carbonyl (C=O) groups excluding carboxylic acids is 1. The zero-order valence-electron chi connectivity index (χ0n) is 11.3. The van der Waals surface area contributed by atoms with Crippen LogP contribution in [0.2, 0.25) is 0 Å². The number of benzene rings is 1. The van der Waals surface area contributed by atoms with Crippen molar-refractivity contribution >= 4 is 23.2 Å². The number of hydrogen-bond acceptors (Lipinski definition) is 3. The third-order valence-electron chi connectivity index (χ3n) is 3.03. The van der Waals surface area contributed by atoms with Crippen molar-refractivity contribution in [3.8, 4) is 0 Å². The first kappa shape index (κ1) is 15.2. The second-order valence-electron chi connectivity index (χ2n) is 4.56. The van der Waals surface area contributed by atoms with Crippen molar-refractivity contribution in [2.24, 2.45) is 0 Å². The number of nitrogens with one attached hydrogen (secondary N) is 1. The molecule has 0 bridgehead atoms. The van der Waals surface area contributed by atoms with Crippen LogP contribution in [0.3, 0.4) is 0 Å². The van der Waals surface area contributed by atoms with Gasteiger partial charge in [-0.15, -0.1) is 11.3 Å². The summed E-state index contributed by atoms with van der Waals surface area (Å²) in [6.07, 6.45) is 0. The fourth-order valence-electron chi connectivity index (χ4n) is 1.89. The minimum absolute atomic E-state index is 0.0354. The van der Waals surface area contributed by atoms with Gasteiger partial charge < -0.3 is 10.4 Å². The molecule has 0 spiro atoms. The zero-order chi connectivity index (χ0) is 15.4. The molecule has 1 amide bonds. The maximum absolute atomic E-state index is 13.2. The Morgan fingerprint density at radius 1 is 1.33 bits per heavy atom. The Labute approximate surface area is 125 Å². The maximum atomic E-state index is 13.2. The number of hydrogen-bond donors (Lipinski definition) is 2. The Morgan fingerprint density at radius 2 is 2.10 bits per heavy atom. The molecule has 2 N–H and O–H groups in total. The van der Waals surface area contributed by atoms with E-state index in [1.807, 2.05) is 13.0 Å². The number of carboxylic acids is 1. The quantitative estimate of drug-likeness (QED) is 0.892.